The molecule has 0 aliphatic heterocycles. The Morgan fingerprint density at radius 3 is 2.52 bits per heavy atom. The maximum absolute atomic E-state index is 13.7. The van der Waals surface area contributed by atoms with Crippen LogP contribution in [0.1, 0.15) is 11.5 Å². The Bertz CT molecular complexity index is 622. The maximum Gasteiger partial charge on any atom is 0.314 e. The third-order valence-electron chi connectivity index (χ3n) is 3.06. The first-order valence-corrected chi connectivity index (χ1v) is 6.98. The fourth-order valence-corrected chi connectivity index (χ4v) is 2.26. The molecule has 2 aromatic rings. The lowest BCUT2D eigenvalue weighted by atomic mass is 10.0. The van der Waals surface area contributed by atoms with Crippen LogP contribution in [0.2, 0.25) is 0 Å². The molecule has 2 rings (SSSR count). The monoisotopic (exact) mass is 307 g/mol. The van der Waals surface area contributed by atoms with Gasteiger partial charge in [-0.3, -0.25) is 10.1 Å². The number of nitro groups is 1. The predicted octanol–water partition coefficient (Wildman–Crippen LogP) is 3.83. The minimum absolute atomic E-state index is 0.0752. The van der Waals surface area contributed by atoms with E-state index in [1.54, 1.807) is 0 Å². The van der Waals surface area contributed by atoms with Gasteiger partial charge in [-0.05, 0) is 11.6 Å². The zero-order chi connectivity index (χ0) is 15.2. The Hall–Kier alpha value is -2.08. The van der Waals surface area contributed by atoms with Crippen molar-refractivity contribution in [3.63, 3.8) is 0 Å². The Morgan fingerprint density at radius 1 is 1.19 bits per heavy atom. The van der Waals surface area contributed by atoms with E-state index in [4.69, 9.17) is 4.74 Å². The molecule has 0 saturated heterocycles. The van der Waals surface area contributed by atoms with Crippen molar-refractivity contribution in [1.82, 2.24) is 0 Å². The smallest absolute Gasteiger partial charge is 0.314 e. The first-order valence-electron chi connectivity index (χ1n) is 6.35. The van der Waals surface area contributed by atoms with Crippen LogP contribution in [-0.4, -0.2) is 17.3 Å². The molecule has 0 aliphatic rings. The summed E-state index contributed by atoms with van der Waals surface area (Å²) in [6.45, 7) is 0.120. The highest BCUT2D eigenvalue weighted by Crippen LogP contribution is 2.31. The average Bonchev–Trinajstić information content (AvgIpc) is 2.50. The van der Waals surface area contributed by atoms with Crippen LogP contribution in [0.3, 0.4) is 0 Å². The van der Waals surface area contributed by atoms with Crippen molar-refractivity contribution < 1.29 is 14.1 Å². The summed E-state index contributed by atoms with van der Waals surface area (Å²) in [5.41, 5.74) is 0.618. The SMILES string of the molecule is O=[N+]([O-])c1cccc(F)c1OCC(CS)c1ccccc1. The molecule has 0 heterocycles. The molecule has 0 aliphatic carbocycles. The van der Waals surface area contributed by atoms with E-state index < -0.39 is 10.7 Å². The highest BCUT2D eigenvalue weighted by atomic mass is 32.1. The van der Waals surface area contributed by atoms with Gasteiger partial charge in [0.15, 0.2) is 5.82 Å². The molecule has 2 aromatic carbocycles. The summed E-state index contributed by atoms with van der Waals surface area (Å²) >= 11 is 4.26. The topological polar surface area (TPSA) is 52.4 Å². The fraction of sp³-hybridized carbons (Fsp3) is 0.200. The van der Waals surface area contributed by atoms with E-state index in [-0.39, 0.29) is 24.0 Å². The van der Waals surface area contributed by atoms with Gasteiger partial charge in [-0.2, -0.15) is 12.6 Å². The van der Waals surface area contributed by atoms with Gasteiger partial charge < -0.3 is 4.74 Å². The van der Waals surface area contributed by atoms with Gasteiger partial charge in [0.25, 0.3) is 0 Å². The Morgan fingerprint density at radius 2 is 1.90 bits per heavy atom. The molecular weight excluding hydrogens is 293 g/mol. The predicted molar refractivity (Wildman–Crippen MR) is 81.6 cm³/mol. The van der Waals surface area contributed by atoms with Crippen LogP contribution in [-0.2, 0) is 0 Å². The van der Waals surface area contributed by atoms with Gasteiger partial charge in [-0.25, -0.2) is 4.39 Å². The molecule has 1 unspecified atom stereocenters. The van der Waals surface area contributed by atoms with Gasteiger partial charge in [0.05, 0.1) is 11.5 Å². The summed E-state index contributed by atoms with van der Waals surface area (Å²) in [6, 6.07) is 13.1. The van der Waals surface area contributed by atoms with Crippen LogP contribution in [0, 0.1) is 15.9 Å². The van der Waals surface area contributed by atoms with Gasteiger partial charge in [0.1, 0.15) is 0 Å². The molecule has 0 amide bonds. The van der Waals surface area contributed by atoms with Crippen molar-refractivity contribution in [3.8, 4) is 5.75 Å². The molecule has 1 atom stereocenters. The third kappa shape index (κ3) is 3.72. The van der Waals surface area contributed by atoms with Gasteiger partial charge >= 0.3 is 5.69 Å². The molecule has 6 heteroatoms. The second-order valence-electron chi connectivity index (χ2n) is 4.45. The third-order valence-corrected chi connectivity index (χ3v) is 3.50. The lowest BCUT2D eigenvalue weighted by molar-refractivity contribution is -0.386. The second-order valence-corrected chi connectivity index (χ2v) is 4.81. The number of para-hydroxylation sites is 1. The summed E-state index contributed by atoms with van der Waals surface area (Å²) in [6.07, 6.45) is 0. The number of hydrogen-bond donors (Lipinski definition) is 1. The van der Waals surface area contributed by atoms with E-state index in [0.29, 0.717) is 5.75 Å². The van der Waals surface area contributed by atoms with Crippen molar-refractivity contribution in [1.29, 1.82) is 0 Å². The number of rotatable bonds is 6. The van der Waals surface area contributed by atoms with Crippen molar-refractivity contribution in [2.75, 3.05) is 12.4 Å². The molecule has 0 spiro atoms. The van der Waals surface area contributed by atoms with Crippen LogP contribution in [0.5, 0.6) is 5.75 Å². The number of halogens is 1. The van der Waals surface area contributed by atoms with Crippen LogP contribution in [0.4, 0.5) is 10.1 Å². The molecule has 0 bridgehead atoms. The number of nitro benzene ring substituents is 1. The quantitative estimate of drug-likeness (QED) is 0.501. The Kier molecular flexibility index (Phi) is 5.16. The van der Waals surface area contributed by atoms with Crippen molar-refractivity contribution in [2.45, 2.75) is 5.92 Å². The number of benzene rings is 2. The standard InChI is InChI=1S/C15H14FNO3S/c16-13-7-4-8-14(17(18)19)15(13)20-9-12(10-21)11-5-2-1-3-6-11/h1-8,12,21H,9-10H2. The fourth-order valence-electron chi connectivity index (χ4n) is 1.95. The van der Waals surface area contributed by atoms with Gasteiger partial charge in [-0.15, -0.1) is 0 Å². The van der Waals surface area contributed by atoms with E-state index in [1.807, 2.05) is 30.3 Å². The van der Waals surface area contributed by atoms with Crippen molar-refractivity contribution >= 4 is 18.3 Å². The highest BCUT2D eigenvalue weighted by molar-refractivity contribution is 7.80. The van der Waals surface area contributed by atoms with E-state index in [0.717, 1.165) is 11.6 Å². The second kappa shape index (κ2) is 7.08. The van der Waals surface area contributed by atoms with E-state index in [2.05, 4.69) is 12.6 Å². The first-order chi connectivity index (χ1) is 10.1. The summed E-state index contributed by atoms with van der Waals surface area (Å²) in [5.74, 6) is -0.652. The minimum atomic E-state index is -0.741. The lowest BCUT2D eigenvalue weighted by Crippen LogP contribution is -2.13. The van der Waals surface area contributed by atoms with Crippen molar-refractivity contribution in [3.05, 3.63) is 70.0 Å². The number of nitrogens with zero attached hydrogens (tertiary/aromatic N) is 1. The van der Waals surface area contributed by atoms with Gasteiger partial charge in [-0.1, -0.05) is 36.4 Å². The van der Waals surface area contributed by atoms with Gasteiger partial charge in [0, 0.05) is 17.7 Å². The zero-order valence-corrected chi connectivity index (χ0v) is 12.0. The number of ether oxygens (including phenoxy) is 1. The molecule has 4 nitrogen and oxygen atoms in total. The molecule has 0 N–H and O–H groups in total. The maximum atomic E-state index is 13.7. The molecule has 21 heavy (non-hydrogen) atoms. The van der Waals surface area contributed by atoms with E-state index >= 15 is 0 Å². The molecule has 0 saturated carbocycles. The normalized spacial score (nSPS) is 11.9. The average molecular weight is 307 g/mol. The summed E-state index contributed by atoms with van der Waals surface area (Å²) in [4.78, 5) is 10.2. The molecular formula is C15H14FNO3S. The Balaban J connectivity index is 2.17. The van der Waals surface area contributed by atoms with E-state index in [1.165, 1.54) is 12.1 Å². The highest BCUT2D eigenvalue weighted by Gasteiger charge is 2.21. The van der Waals surface area contributed by atoms with Crippen LogP contribution in [0.25, 0.3) is 0 Å². The molecule has 110 valence electrons. The summed E-state index contributed by atoms with van der Waals surface area (Å²) in [7, 11) is 0. The molecule has 0 radical (unpaired) electrons. The van der Waals surface area contributed by atoms with Crippen LogP contribution < -0.4 is 4.74 Å². The molecule has 0 fully saturated rings. The van der Waals surface area contributed by atoms with Crippen LogP contribution >= 0.6 is 12.6 Å². The number of thiol groups is 1. The number of hydrogen-bond acceptors (Lipinski definition) is 4. The summed E-state index contributed by atoms with van der Waals surface area (Å²) in [5, 5.41) is 10.9. The van der Waals surface area contributed by atoms with Crippen molar-refractivity contribution in [2.24, 2.45) is 0 Å². The first kappa shape index (κ1) is 15.3. The van der Waals surface area contributed by atoms with E-state index in [9.17, 15) is 14.5 Å². The lowest BCUT2D eigenvalue weighted by Gasteiger charge is -2.16. The molecule has 0 aromatic heterocycles. The van der Waals surface area contributed by atoms with Crippen LogP contribution in [0.15, 0.2) is 48.5 Å². The zero-order valence-electron chi connectivity index (χ0n) is 11.1. The Labute approximate surface area is 127 Å². The summed E-state index contributed by atoms with van der Waals surface area (Å²) < 4.78 is 19.1. The minimum Gasteiger partial charge on any atom is -0.484 e. The largest absolute Gasteiger partial charge is 0.484 e. The van der Waals surface area contributed by atoms with Gasteiger partial charge in [0.2, 0.25) is 5.75 Å².